The van der Waals surface area contributed by atoms with E-state index < -0.39 is 0 Å². The van der Waals surface area contributed by atoms with E-state index in [4.69, 9.17) is 9.47 Å². The number of hydrogen-bond acceptors (Lipinski definition) is 3. The van der Waals surface area contributed by atoms with Crippen molar-refractivity contribution in [2.75, 3.05) is 14.2 Å². The summed E-state index contributed by atoms with van der Waals surface area (Å²) in [4.78, 5) is 12.7. The molecule has 4 heteroatoms. The molecule has 3 rings (SSSR count). The number of aryl methyl sites for hydroxylation is 1. The summed E-state index contributed by atoms with van der Waals surface area (Å²) in [7, 11) is 5.11. The molecule has 2 aromatic carbocycles. The zero-order chi connectivity index (χ0) is 15.7. The van der Waals surface area contributed by atoms with Crippen molar-refractivity contribution in [2.24, 2.45) is 7.05 Å². The molecule has 0 saturated heterocycles. The number of benzene rings is 2. The minimum absolute atomic E-state index is 0.0355. The van der Waals surface area contributed by atoms with Crippen molar-refractivity contribution in [1.82, 2.24) is 4.57 Å². The maximum absolute atomic E-state index is 12.7. The zero-order valence-corrected chi connectivity index (χ0v) is 12.8. The van der Waals surface area contributed by atoms with Gasteiger partial charge in [-0.2, -0.15) is 0 Å². The molecular weight excluding hydrogens is 278 g/mol. The second-order valence-corrected chi connectivity index (χ2v) is 5.10. The summed E-state index contributed by atoms with van der Waals surface area (Å²) in [6, 6.07) is 12.9. The Kier molecular flexibility index (Phi) is 3.59. The molecule has 0 bridgehead atoms. The van der Waals surface area contributed by atoms with Crippen LogP contribution in [0.1, 0.15) is 15.9 Å². The summed E-state index contributed by atoms with van der Waals surface area (Å²) in [5.74, 6) is 1.12. The van der Waals surface area contributed by atoms with Crippen molar-refractivity contribution in [1.29, 1.82) is 0 Å². The van der Waals surface area contributed by atoms with Gasteiger partial charge < -0.3 is 14.0 Å². The largest absolute Gasteiger partial charge is 0.493 e. The highest BCUT2D eigenvalue weighted by Gasteiger charge is 2.13. The van der Waals surface area contributed by atoms with Gasteiger partial charge in [0.1, 0.15) is 0 Å². The molecule has 0 unspecified atom stereocenters. The van der Waals surface area contributed by atoms with E-state index in [1.165, 1.54) is 0 Å². The van der Waals surface area contributed by atoms with E-state index >= 15 is 0 Å². The Hall–Kier alpha value is -2.75. The standard InChI is InChI=1S/C18H17NO3/c1-19-9-8-12-10-13(4-6-15(12)19)18(20)14-5-7-16(21-2)17(11-14)22-3/h4-11H,1-3H3. The van der Waals surface area contributed by atoms with Crippen LogP contribution in [0.15, 0.2) is 48.7 Å². The number of nitrogens with zero attached hydrogens (tertiary/aromatic N) is 1. The third kappa shape index (κ3) is 2.33. The molecule has 0 fully saturated rings. The topological polar surface area (TPSA) is 40.5 Å². The number of methoxy groups -OCH3 is 2. The molecule has 0 amide bonds. The average molecular weight is 295 g/mol. The monoisotopic (exact) mass is 295 g/mol. The first-order chi connectivity index (χ1) is 10.6. The first-order valence-corrected chi connectivity index (χ1v) is 6.96. The predicted molar refractivity (Wildman–Crippen MR) is 85.9 cm³/mol. The fourth-order valence-electron chi connectivity index (χ4n) is 2.57. The zero-order valence-electron chi connectivity index (χ0n) is 12.8. The maximum Gasteiger partial charge on any atom is 0.193 e. The van der Waals surface area contributed by atoms with Gasteiger partial charge in [0, 0.05) is 35.3 Å². The molecule has 0 atom stereocenters. The van der Waals surface area contributed by atoms with Crippen molar-refractivity contribution in [2.45, 2.75) is 0 Å². The molecule has 3 aromatic rings. The van der Waals surface area contributed by atoms with Crippen LogP contribution in [0.5, 0.6) is 11.5 Å². The highest BCUT2D eigenvalue weighted by Crippen LogP contribution is 2.29. The van der Waals surface area contributed by atoms with Crippen LogP contribution in [0.3, 0.4) is 0 Å². The Morgan fingerprint density at radius 2 is 1.59 bits per heavy atom. The van der Waals surface area contributed by atoms with E-state index in [0.717, 1.165) is 10.9 Å². The van der Waals surface area contributed by atoms with E-state index in [9.17, 15) is 4.79 Å². The van der Waals surface area contributed by atoms with Crippen LogP contribution >= 0.6 is 0 Å². The molecule has 0 N–H and O–H groups in total. The summed E-state index contributed by atoms with van der Waals surface area (Å²) < 4.78 is 12.5. The van der Waals surface area contributed by atoms with Crippen LogP contribution in [-0.2, 0) is 7.05 Å². The third-order valence-corrected chi connectivity index (χ3v) is 3.79. The fraction of sp³-hybridized carbons (Fsp3) is 0.167. The van der Waals surface area contributed by atoms with Crippen molar-refractivity contribution in [3.63, 3.8) is 0 Å². The minimum atomic E-state index is -0.0355. The molecule has 0 aliphatic rings. The predicted octanol–water partition coefficient (Wildman–Crippen LogP) is 3.43. The van der Waals surface area contributed by atoms with Crippen molar-refractivity contribution in [3.8, 4) is 11.5 Å². The minimum Gasteiger partial charge on any atom is -0.493 e. The number of carbonyl (C=O) groups excluding carboxylic acids is 1. The summed E-state index contributed by atoms with van der Waals surface area (Å²) in [6.07, 6.45) is 1.98. The Morgan fingerprint density at radius 3 is 2.32 bits per heavy atom. The van der Waals surface area contributed by atoms with Gasteiger partial charge >= 0.3 is 0 Å². The van der Waals surface area contributed by atoms with Crippen LogP contribution in [0.2, 0.25) is 0 Å². The number of carbonyl (C=O) groups is 1. The van der Waals surface area contributed by atoms with Crippen LogP contribution in [0, 0.1) is 0 Å². The molecule has 22 heavy (non-hydrogen) atoms. The second kappa shape index (κ2) is 5.56. The Bertz CT molecular complexity index is 849. The fourth-order valence-corrected chi connectivity index (χ4v) is 2.57. The van der Waals surface area contributed by atoms with E-state index in [-0.39, 0.29) is 5.78 Å². The van der Waals surface area contributed by atoms with Gasteiger partial charge in [-0.05, 0) is 42.5 Å². The molecule has 1 heterocycles. The van der Waals surface area contributed by atoms with Crippen LogP contribution in [0.25, 0.3) is 10.9 Å². The lowest BCUT2D eigenvalue weighted by Crippen LogP contribution is -2.02. The molecule has 112 valence electrons. The lowest BCUT2D eigenvalue weighted by Gasteiger charge is -2.09. The molecule has 0 spiro atoms. The Balaban J connectivity index is 2.01. The summed E-state index contributed by atoms with van der Waals surface area (Å²) in [5.41, 5.74) is 2.34. The third-order valence-electron chi connectivity index (χ3n) is 3.79. The lowest BCUT2D eigenvalue weighted by molar-refractivity contribution is 0.103. The molecule has 0 radical (unpaired) electrons. The van der Waals surface area contributed by atoms with Gasteiger partial charge in [-0.3, -0.25) is 4.79 Å². The van der Waals surface area contributed by atoms with E-state index in [0.29, 0.717) is 22.6 Å². The van der Waals surface area contributed by atoms with E-state index in [2.05, 4.69) is 0 Å². The smallest absolute Gasteiger partial charge is 0.193 e. The van der Waals surface area contributed by atoms with Gasteiger partial charge in [0.05, 0.1) is 14.2 Å². The number of rotatable bonds is 4. The first kappa shape index (κ1) is 14.2. The summed E-state index contributed by atoms with van der Waals surface area (Å²) >= 11 is 0. The maximum atomic E-state index is 12.7. The Labute approximate surface area is 128 Å². The Morgan fingerprint density at radius 1 is 0.909 bits per heavy atom. The van der Waals surface area contributed by atoms with Gasteiger partial charge in [0.2, 0.25) is 0 Å². The van der Waals surface area contributed by atoms with Crippen molar-refractivity contribution in [3.05, 3.63) is 59.8 Å². The summed E-state index contributed by atoms with van der Waals surface area (Å²) in [6.45, 7) is 0. The van der Waals surface area contributed by atoms with Gasteiger partial charge in [-0.25, -0.2) is 0 Å². The average Bonchev–Trinajstić information content (AvgIpc) is 2.94. The van der Waals surface area contributed by atoms with E-state index in [1.807, 2.05) is 42.1 Å². The normalized spacial score (nSPS) is 10.7. The number of fused-ring (bicyclic) bond motifs is 1. The molecule has 0 saturated carbocycles. The molecular formula is C18H17NO3. The number of ketones is 1. The van der Waals surface area contributed by atoms with Gasteiger partial charge in [0.25, 0.3) is 0 Å². The van der Waals surface area contributed by atoms with Crippen LogP contribution < -0.4 is 9.47 Å². The van der Waals surface area contributed by atoms with Crippen molar-refractivity contribution >= 4 is 16.7 Å². The number of hydrogen-bond donors (Lipinski definition) is 0. The van der Waals surface area contributed by atoms with E-state index in [1.54, 1.807) is 32.4 Å². The second-order valence-electron chi connectivity index (χ2n) is 5.10. The highest BCUT2D eigenvalue weighted by atomic mass is 16.5. The van der Waals surface area contributed by atoms with Gasteiger partial charge in [0.15, 0.2) is 17.3 Å². The quantitative estimate of drug-likeness (QED) is 0.692. The van der Waals surface area contributed by atoms with Gasteiger partial charge in [-0.15, -0.1) is 0 Å². The summed E-state index contributed by atoms with van der Waals surface area (Å²) in [5, 5.41) is 1.05. The van der Waals surface area contributed by atoms with Crippen LogP contribution in [0.4, 0.5) is 0 Å². The number of ether oxygens (including phenoxy) is 2. The molecule has 4 nitrogen and oxygen atoms in total. The SMILES string of the molecule is COc1ccc(C(=O)c2ccc3c(ccn3C)c2)cc1OC. The first-order valence-electron chi connectivity index (χ1n) is 6.96. The highest BCUT2D eigenvalue weighted by molar-refractivity contribution is 6.10. The molecule has 1 aromatic heterocycles. The molecule has 0 aliphatic carbocycles. The van der Waals surface area contributed by atoms with Crippen LogP contribution in [-0.4, -0.2) is 24.6 Å². The van der Waals surface area contributed by atoms with Gasteiger partial charge in [-0.1, -0.05) is 0 Å². The lowest BCUT2D eigenvalue weighted by atomic mass is 10.0. The number of aromatic nitrogens is 1. The molecule has 0 aliphatic heterocycles. The van der Waals surface area contributed by atoms with Crippen molar-refractivity contribution < 1.29 is 14.3 Å².